The van der Waals surface area contributed by atoms with Gasteiger partial charge in [-0.3, -0.25) is 0 Å². The minimum atomic E-state index is -0.198. The maximum Gasteiger partial charge on any atom is 0.00739 e. The Morgan fingerprint density at radius 2 is 1.80 bits per heavy atom. The lowest BCUT2D eigenvalue weighted by Gasteiger charge is -2.14. The Hall–Kier alpha value is 0.350. The van der Waals surface area contributed by atoms with Crippen molar-refractivity contribution in [2.24, 2.45) is 0 Å². The number of hydrogen-bond donors (Lipinski definition) is 0. The fourth-order valence-corrected chi connectivity index (χ4v) is 6.80. The molecule has 0 aromatic rings. The summed E-state index contributed by atoms with van der Waals surface area (Å²) in [4.78, 5) is 0. The monoisotopic (exact) mass is 160 g/mol. The molecule has 0 spiro atoms. The summed E-state index contributed by atoms with van der Waals surface area (Å²) >= 11 is 0. The maximum atomic E-state index is 2.49. The highest BCUT2D eigenvalue weighted by Gasteiger charge is 2.61. The van der Waals surface area contributed by atoms with Crippen molar-refractivity contribution in [1.82, 2.24) is 0 Å². The summed E-state index contributed by atoms with van der Waals surface area (Å²) in [5, 5.41) is 1.06. The van der Waals surface area contributed by atoms with Crippen molar-refractivity contribution in [1.29, 1.82) is 0 Å². The van der Waals surface area contributed by atoms with Crippen molar-refractivity contribution < 1.29 is 0 Å². The van der Waals surface area contributed by atoms with E-state index in [0.717, 1.165) is 10.00 Å². The minimum Gasteiger partial charge on any atom is -0.236 e. The van der Waals surface area contributed by atoms with E-state index in [1.165, 1.54) is 12.8 Å². The first kappa shape index (κ1) is 8.45. The fourth-order valence-electron chi connectivity index (χ4n) is 2.40. The molecule has 1 aliphatic heterocycles. The van der Waals surface area contributed by atoms with E-state index in [9.17, 15) is 0 Å². The van der Waals surface area contributed by atoms with Crippen LogP contribution in [0.1, 0.15) is 33.6 Å². The molecule has 0 amide bonds. The van der Waals surface area contributed by atoms with Crippen LogP contribution in [0.15, 0.2) is 0 Å². The normalized spacial score (nSPS) is 46.7. The molecule has 0 aromatic heterocycles. The van der Waals surface area contributed by atoms with Gasteiger partial charge in [0.25, 0.3) is 0 Å². The van der Waals surface area contributed by atoms with Gasteiger partial charge < -0.3 is 0 Å². The quantitative estimate of drug-likeness (QED) is 0.545. The third-order valence-electron chi connectivity index (χ3n) is 3.61. The Bertz CT molecular complexity index is 140. The van der Waals surface area contributed by atoms with Crippen LogP contribution in [0.2, 0.25) is 0 Å². The summed E-state index contributed by atoms with van der Waals surface area (Å²) in [6.07, 6.45) is 7.76. The van der Waals surface area contributed by atoms with E-state index in [1.807, 2.05) is 0 Å². The Morgan fingerprint density at radius 3 is 1.90 bits per heavy atom. The average molecular weight is 160 g/mol. The van der Waals surface area contributed by atoms with Crippen molar-refractivity contribution in [2.75, 3.05) is 12.5 Å². The molecule has 1 rings (SSSR count). The van der Waals surface area contributed by atoms with Crippen LogP contribution in [-0.2, 0) is 0 Å². The zero-order valence-electron chi connectivity index (χ0n) is 7.90. The molecular weight excluding hydrogens is 140 g/mol. The SMILES string of the molecule is CCC1C(C)(CC)S1(C)C. The second kappa shape index (κ2) is 2.17. The molecular formula is C9H20S. The predicted octanol–water partition coefficient (Wildman–Crippen LogP) is 3.01. The topological polar surface area (TPSA) is 0 Å². The van der Waals surface area contributed by atoms with Gasteiger partial charge in [0, 0.05) is 10.00 Å². The zero-order valence-corrected chi connectivity index (χ0v) is 8.72. The van der Waals surface area contributed by atoms with Crippen LogP contribution >= 0.6 is 10.0 Å². The van der Waals surface area contributed by atoms with Crippen molar-refractivity contribution in [3.8, 4) is 0 Å². The molecule has 62 valence electrons. The van der Waals surface area contributed by atoms with Gasteiger partial charge in [-0.1, -0.05) is 20.8 Å². The second-order valence-corrected chi connectivity index (χ2v) is 8.28. The highest BCUT2D eigenvalue weighted by Crippen LogP contribution is 2.79. The van der Waals surface area contributed by atoms with Crippen LogP contribution in [0.4, 0.5) is 0 Å². The smallest absolute Gasteiger partial charge is 0.00739 e. The van der Waals surface area contributed by atoms with E-state index in [4.69, 9.17) is 0 Å². The molecule has 1 heteroatoms. The predicted molar refractivity (Wildman–Crippen MR) is 52.2 cm³/mol. The van der Waals surface area contributed by atoms with Gasteiger partial charge in [-0.05, 0) is 25.4 Å². The van der Waals surface area contributed by atoms with Crippen LogP contribution in [0.25, 0.3) is 0 Å². The average Bonchev–Trinajstić information content (AvgIpc) is 2.29. The third kappa shape index (κ3) is 0.761. The van der Waals surface area contributed by atoms with E-state index >= 15 is 0 Å². The highest BCUT2D eigenvalue weighted by molar-refractivity contribution is 8.40. The number of hydrogen-bond acceptors (Lipinski definition) is 0. The van der Waals surface area contributed by atoms with Crippen LogP contribution in [0.5, 0.6) is 0 Å². The van der Waals surface area contributed by atoms with Crippen molar-refractivity contribution in [3.05, 3.63) is 0 Å². The van der Waals surface area contributed by atoms with E-state index in [-0.39, 0.29) is 10.0 Å². The Kier molecular flexibility index (Phi) is 1.83. The molecule has 10 heavy (non-hydrogen) atoms. The Labute approximate surface area is 66.7 Å². The van der Waals surface area contributed by atoms with Gasteiger partial charge in [0.15, 0.2) is 0 Å². The largest absolute Gasteiger partial charge is 0.236 e. The third-order valence-corrected chi connectivity index (χ3v) is 8.61. The van der Waals surface area contributed by atoms with Crippen LogP contribution in [0.3, 0.4) is 0 Å². The van der Waals surface area contributed by atoms with Crippen LogP contribution < -0.4 is 0 Å². The van der Waals surface area contributed by atoms with Gasteiger partial charge >= 0.3 is 0 Å². The highest BCUT2D eigenvalue weighted by atomic mass is 32.3. The maximum absolute atomic E-state index is 2.49. The zero-order chi connectivity index (χ0) is 7.99. The van der Waals surface area contributed by atoms with Crippen LogP contribution in [0, 0.1) is 0 Å². The van der Waals surface area contributed by atoms with E-state index < -0.39 is 0 Å². The van der Waals surface area contributed by atoms with Crippen LogP contribution in [-0.4, -0.2) is 22.5 Å². The first-order chi connectivity index (χ1) is 4.50. The molecule has 0 aromatic carbocycles. The molecule has 2 atom stereocenters. The molecule has 0 saturated carbocycles. The molecule has 1 heterocycles. The molecule has 0 N–H and O–H groups in total. The van der Waals surface area contributed by atoms with E-state index in [2.05, 4.69) is 33.3 Å². The first-order valence-corrected chi connectivity index (χ1v) is 6.73. The summed E-state index contributed by atoms with van der Waals surface area (Å²) in [7, 11) is -0.198. The summed E-state index contributed by atoms with van der Waals surface area (Å²) in [6, 6.07) is 0. The molecule has 1 saturated heterocycles. The Balaban J connectivity index is 2.68. The molecule has 0 radical (unpaired) electrons. The minimum absolute atomic E-state index is 0.198. The molecule has 2 unspecified atom stereocenters. The fraction of sp³-hybridized carbons (Fsp3) is 1.00. The summed E-state index contributed by atoms with van der Waals surface area (Å²) in [6.45, 7) is 7.14. The van der Waals surface area contributed by atoms with E-state index in [1.54, 1.807) is 0 Å². The lowest BCUT2D eigenvalue weighted by Crippen LogP contribution is -2.06. The summed E-state index contributed by atoms with van der Waals surface area (Å²) < 4.78 is 0.738. The van der Waals surface area contributed by atoms with Gasteiger partial charge in [-0.25, -0.2) is 10.0 Å². The standard InChI is InChI=1S/C9H20S/c1-6-8-9(3,7-2)10(8,4)5/h8H,6-7H2,1-5H3. The number of rotatable bonds is 2. The van der Waals surface area contributed by atoms with Crippen molar-refractivity contribution in [3.63, 3.8) is 0 Å². The lowest BCUT2D eigenvalue weighted by molar-refractivity contribution is 0.655. The molecule has 1 fully saturated rings. The van der Waals surface area contributed by atoms with Gasteiger partial charge in [0.05, 0.1) is 0 Å². The van der Waals surface area contributed by atoms with Gasteiger partial charge in [0.1, 0.15) is 0 Å². The molecule has 0 bridgehead atoms. The second-order valence-electron chi connectivity index (χ2n) is 3.97. The molecule has 0 aliphatic carbocycles. The molecule has 0 nitrogen and oxygen atoms in total. The van der Waals surface area contributed by atoms with E-state index in [0.29, 0.717) is 0 Å². The molecule has 1 aliphatic rings. The lowest BCUT2D eigenvalue weighted by atomic mass is 10.0. The van der Waals surface area contributed by atoms with Gasteiger partial charge in [-0.15, -0.1) is 0 Å². The van der Waals surface area contributed by atoms with Crippen molar-refractivity contribution in [2.45, 2.75) is 43.6 Å². The van der Waals surface area contributed by atoms with Gasteiger partial charge in [0.2, 0.25) is 0 Å². The summed E-state index contributed by atoms with van der Waals surface area (Å²) in [5.41, 5.74) is 0. The summed E-state index contributed by atoms with van der Waals surface area (Å²) in [5.74, 6) is 0. The van der Waals surface area contributed by atoms with Gasteiger partial charge in [-0.2, -0.15) is 0 Å². The van der Waals surface area contributed by atoms with Crippen molar-refractivity contribution >= 4 is 10.0 Å². The Morgan fingerprint density at radius 1 is 1.30 bits per heavy atom. The first-order valence-electron chi connectivity index (χ1n) is 4.22.